The Balaban J connectivity index is 1.60. The molecule has 0 saturated carbocycles. The number of ether oxygens (including phenoxy) is 4. The maximum absolute atomic E-state index is 13.1. The number of carbonyl (C=O) groups excluding carboxylic acids is 1. The normalized spacial score (nSPS) is 20.5. The number of Topliss-reactive ketones (excluding diaryl/α,β-unsaturated/α-hetero) is 1. The molecule has 0 N–H and O–H groups in total. The van der Waals surface area contributed by atoms with E-state index >= 15 is 0 Å². The van der Waals surface area contributed by atoms with Crippen LogP contribution < -0.4 is 18.9 Å². The number of rotatable bonds is 0. The van der Waals surface area contributed by atoms with E-state index in [1.807, 2.05) is 24.3 Å². The molecule has 5 heteroatoms. The van der Waals surface area contributed by atoms with Gasteiger partial charge in [0.2, 0.25) is 13.6 Å². The summed E-state index contributed by atoms with van der Waals surface area (Å²) in [7, 11) is 0. The van der Waals surface area contributed by atoms with Crippen molar-refractivity contribution in [3.8, 4) is 23.0 Å². The topological polar surface area (TPSA) is 54.0 Å². The van der Waals surface area contributed by atoms with Crippen LogP contribution in [-0.4, -0.2) is 19.4 Å². The lowest BCUT2D eigenvalue weighted by atomic mass is 9.85. The summed E-state index contributed by atoms with van der Waals surface area (Å²) in [6.45, 7) is 2.71. The molecular weight excluding hydrogens is 332 g/mol. The number of benzene rings is 2. The lowest BCUT2D eigenvalue weighted by Gasteiger charge is -2.20. The SMILES string of the molecule is C[C@@H]1CCc2cc3c(cc2C(=O)Cc2ccc4c(c2C1)OCO4)OCO3. The van der Waals surface area contributed by atoms with Crippen molar-refractivity contribution >= 4 is 5.78 Å². The second-order valence-electron chi connectivity index (χ2n) is 7.25. The van der Waals surface area contributed by atoms with Crippen molar-refractivity contribution in [3.63, 3.8) is 0 Å². The van der Waals surface area contributed by atoms with Crippen LogP contribution in [-0.2, 0) is 19.3 Å². The van der Waals surface area contributed by atoms with Gasteiger partial charge >= 0.3 is 0 Å². The molecule has 5 nitrogen and oxygen atoms in total. The second-order valence-corrected chi connectivity index (χ2v) is 7.25. The van der Waals surface area contributed by atoms with Gasteiger partial charge in [-0.3, -0.25) is 4.79 Å². The Morgan fingerprint density at radius 1 is 0.923 bits per heavy atom. The van der Waals surface area contributed by atoms with Gasteiger partial charge in [0.1, 0.15) is 0 Å². The Morgan fingerprint density at radius 3 is 2.58 bits per heavy atom. The van der Waals surface area contributed by atoms with Crippen molar-refractivity contribution in [2.75, 3.05) is 13.6 Å². The van der Waals surface area contributed by atoms with Crippen LogP contribution in [0.15, 0.2) is 24.3 Å². The smallest absolute Gasteiger partial charge is 0.231 e. The summed E-state index contributed by atoms with van der Waals surface area (Å²) in [6.07, 6.45) is 3.07. The molecule has 0 aromatic heterocycles. The molecule has 2 aromatic carbocycles. The molecule has 3 aliphatic rings. The minimum Gasteiger partial charge on any atom is -0.454 e. The second kappa shape index (κ2) is 5.94. The molecule has 0 spiro atoms. The Kier molecular flexibility index (Phi) is 3.55. The highest BCUT2D eigenvalue weighted by atomic mass is 16.7. The van der Waals surface area contributed by atoms with E-state index in [2.05, 4.69) is 6.92 Å². The fraction of sp³-hybridized carbons (Fsp3) is 0.381. The van der Waals surface area contributed by atoms with Gasteiger partial charge in [0, 0.05) is 17.5 Å². The summed E-state index contributed by atoms with van der Waals surface area (Å²) in [5.41, 5.74) is 3.93. The molecule has 1 atom stereocenters. The maximum atomic E-state index is 13.1. The van der Waals surface area contributed by atoms with E-state index < -0.39 is 0 Å². The predicted molar refractivity (Wildman–Crippen MR) is 94.4 cm³/mol. The van der Waals surface area contributed by atoms with Crippen LogP contribution in [0.25, 0.3) is 0 Å². The molecule has 0 bridgehead atoms. The number of hydrogen-bond acceptors (Lipinski definition) is 5. The van der Waals surface area contributed by atoms with Crippen molar-refractivity contribution in [1.29, 1.82) is 0 Å². The van der Waals surface area contributed by atoms with Gasteiger partial charge in [-0.05, 0) is 54.5 Å². The van der Waals surface area contributed by atoms with Gasteiger partial charge < -0.3 is 18.9 Å². The minimum atomic E-state index is 0.105. The first-order valence-corrected chi connectivity index (χ1v) is 9.05. The first-order chi connectivity index (χ1) is 12.7. The third-order valence-electron chi connectivity index (χ3n) is 5.45. The molecule has 0 unspecified atom stereocenters. The zero-order chi connectivity index (χ0) is 17.7. The Bertz CT molecular complexity index is 902. The zero-order valence-corrected chi connectivity index (χ0v) is 14.7. The maximum Gasteiger partial charge on any atom is 0.231 e. The van der Waals surface area contributed by atoms with Crippen molar-refractivity contribution in [1.82, 2.24) is 0 Å². The highest BCUT2D eigenvalue weighted by Gasteiger charge is 2.27. The Hall–Kier alpha value is -2.69. The molecular formula is C21H20O5. The predicted octanol–water partition coefficient (Wildman–Crippen LogP) is 3.69. The molecule has 2 heterocycles. The van der Waals surface area contributed by atoms with E-state index in [9.17, 15) is 4.79 Å². The van der Waals surface area contributed by atoms with E-state index in [1.54, 1.807) is 0 Å². The molecule has 0 amide bonds. The molecule has 134 valence electrons. The zero-order valence-electron chi connectivity index (χ0n) is 14.7. The minimum absolute atomic E-state index is 0.105. The number of aryl methyl sites for hydroxylation is 1. The van der Waals surface area contributed by atoms with Crippen LogP contribution in [0.4, 0.5) is 0 Å². The number of hydrogen-bond donors (Lipinski definition) is 0. The Labute approximate surface area is 151 Å². The van der Waals surface area contributed by atoms with Crippen LogP contribution in [0.1, 0.15) is 40.4 Å². The summed E-state index contributed by atoms with van der Waals surface area (Å²) in [6, 6.07) is 7.73. The van der Waals surface area contributed by atoms with Crippen molar-refractivity contribution < 1.29 is 23.7 Å². The molecule has 5 rings (SSSR count). The van der Waals surface area contributed by atoms with Gasteiger partial charge in [-0.2, -0.15) is 0 Å². The largest absolute Gasteiger partial charge is 0.454 e. The third-order valence-corrected chi connectivity index (χ3v) is 5.45. The van der Waals surface area contributed by atoms with Crippen molar-refractivity contribution in [2.24, 2.45) is 5.92 Å². The lowest BCUT2D eigenvalue weighted by molar-refractivity contribution is 0.0991. The van der Waals surface area contributed by atoms with E-state index in [-0.39, 0.29) is 19.4 Å². The van der Waals surface area contributed by atoms with Gasteiger partial charge in [0.15, 0.2) is 28.8 Å². The molecule has 2 aromatic rings. The molecule has 2 aliphatic heterocycles. The first kappa shape index (κ1) is 15.6. The highest BCUT2D eigenvalue weighted by Crippen LogP contribution is 2.41. The van der Waals surface area contributed by atoms with Gasteiger partial charge in [-0.25, -0.2) is 0 Å². The van der Waals surface area contributed by atoms with Crippen LogP contribution in [0.3, 0.4) is 0 Å². The summed E-state index contributed by atoms with van der Waals surface area (Å²) >= 11 is 0. The summed E-state index contributed by atoms with van der Waals surface area (Å²) in [4.78, 5) is 13.1. The summed E-state index contributed by atoms with van der Waals surface area (Å²) < 4.78 is 22.2. The van der Waals surface area contributed by atoms with Gasteiger partial charge in [-0.15, -0.1) is 0 Å². The summed E-state index contributed by atoms with van der Waals surface area (Å²) in [5, 5.41) is 0. The number of fused-ring (bicyclic) bond motifs is 5. The third kappa shape index (κ3) is 2.50. The Morgan fingerprint density at radius 2 is 1.69 bits per heavy atom. The average Bonchev–Trinajstić information content (AvgIpc) is 3.28. The van der Waals surface area contributed by atoms with Crippen LogP contribution in [0.2, 0.25) is 0 Å². The van der Waals surface area contributed by atoms with Crippen LogP contribution in [0, 0.1) is 5.92 Å². The van der Waals surface area contributed by atoms with E-state index in [1.165, 1.54) is 0 Å². The quantitative estimate of drug-likeness (QED) is 0.724. The van der Waals surface area contributed by atoms with Crippen LogP contribution in [0.5, 0.6) is 23.0 Å². The monoisotopic (exact) mass is 352 g/mol. The molecule has 0 radical (unpaired) electrons. The first-order valence-electron chi connectivity index (χ1n) is 9.05. The van der Waals surface area contributed by atoms with Crippen LogP contribution >= 0.6 is 0 Å². The fourth-order valence-corrected chi connectivity index (χ4v) is 4.03. The lowest BCUT2D eigenvalue weighted by Crippen LogP contribution is -2.14. The standard InChI is InChI=1S/C21H20O5/c1-12-2-3-14-8-19-20(25-10-24-19)9-15(14)17(22)7-13-4-5-18-21(16(13)6-12)26-11-23-18/h4-5,8-9,12H,2-3,6-7,10-11H2,1H3/t12-/m1/s1. The van der Waals surface area contributed by atoms with Crippen molar-refractivity contribution in [2.45, 2.75) is 32.6 Å². The van der Waals surface area contributed by atoms with Gasteiger partial charge in [-0.1, -0.05) is 13.0 Å². The van der Waals surface area contributed by atoms with E-state index in [0.29, 0.717) is 18.1 Å². The number of ketones is 1. The van der Waals surface area contributed by atoms with E-state index in [0.717, 1.165) is 58.8 Å². The molecule has 26 heavy (non-hydrogen) atoms. The average molecular weight is 352 g/mol. The molecule has 0 fully saturated rings. The number of carbonyl (C=O) groups is 1. The van der Waals surface area contributed by atoms with Crippen molar-refractivity contribution in [3.05, 3.63) is 46.5 Å². The highest BCUT2D eigenvalue weighted by molar-refractivity contribution is 6.00. The van der Waals surface area contributed by atoms with E-state index in [4.69, 9.17) is 18.9 Å². The molecule has 1 aliphatic carbocycles. The van der Waals surface area contributed by atoms with Gasteiger partial charge in [0.25, 0.3) is 0 Å². The fourth-order valence-electron chi connectivity index (χ4n) is 4.03. The molecule has 0 saturated heterocycles. The van der Waals surface area contributed by atoms with Gasteiger partial charge in [0.05, 0.1) is 0 Å². The summed E-state index contributed by atoms with van der Waals surface area (Å²) in [5.74, 6) is 3.57.